The van der Waals surface area contributed by atoms with Gasteiger partial charge in [0.25, 0.3) is 0 Å². The number of ether oxygens (including phenoxy) is 1. The fourth-order valence-electron chi connectivity index (χ4n) is 2.17. The van der Waals surface area contributed by atoms with Crippen LogP contribution >= 0.6 is 11.3 Å². The summed E-state index contributed by atoms with van der Waals surface area (Å²) in [4.78, 5) is 14.9. The number of aliphatic hydroxyl groups is 1. The summed E-state index contributed by atoms with van der Waals surface area (Å²) in [5.74, 6) is 0.789. The molecule has 1 aromatic heterocycles. The van der Waals surface area contributed by atoms with Gasteiger partial charge in [-0.05, 0) is 35.6 Å². The van der Waals surface area contributed by atoms with Crippen molar-refractivity contribution in [3.8, 4) is 5.75 Å². The number of aliphatic hydroxyl groups excluding tert-OH is 1. The van der Waals surface area contributed by atoms with Crippen LogP contribution in [0.3, 0.4) is 0 Å². The van der Waals surface area contributed by atoms with E-state index in [1.807, 2.05) is 29.6 Å². The lowest BCUT2D eigenvalue weighted by Crippen LogP contribution is -2.31. The van der Waals surface area contributed by atoms with Crippen molar-refractivity contribution in [1.82, 2.24) is 4.90 Å². The van der Waals surface area contributed by atoms with Crippen LogP contribution in [-0.4, -0.2) is 36.6 Å². The molecule has 0 saturated heterocycles. The number of thiophene rings is 1. The van der Waals surface area contributed by atoms with E-state index in [9.17, 15) is 9.90 Å². The summed E-state index contributed by atoms with van der Waals surface area (Å²) in [6.07, 6.45) is 0.521. The number of aryl methyl sites for hydroxylation is 1. The summed E-state index contributed by atoms with van der Waals surface area (Å²) >= 11 is 1.66. The van der Waals surface area contributed by atoms with Gasteiger partial charge in [0.1, 0.15) is 5.75 Å². The summed E-state index contributed by atoms with van der Waals surface area (Å²) in [5, 5.41) is 12.2. The number of rotatable bonds is 7. The normalized spacial score (nSPS) is 12.0. The third kappa shape index (κ3) is 4.58. The molecular weight excluding hydrogens is 298 g/mol. The first kappa shape index (κ1) is 16.5. The lowest BCUT2D eigenvalue weighted by atomic mass is 10.1. The standard InChI is InChI=1S/C17H21NO3S/c1-18(17(20)10-9-15-4-3-11-22-15)12-16(19)13-5-7-14(21-2)8-6-13/h3-8,11,16,19H,9-10,12H2,1-2H3. The van der Waals surface area contributed by atoms with Gasteiger partial charge in [0, 0.05) is 18.3 Å². The molecule has 5 heteroatoms. The molecule has 1 aromatic carbocycles. The van der Waals surface area contributed by atoms with Crippen molar-refractivity contribution in [3.63, 3.8) is 0 Å². The zero-order chi connectivity index (χ0) is 15.9. The monoisotopic (exact) mass is 319 g/mol. The van der Waals surface area contributed by atoms with E-state index in [0.29, 0.717) is 6.42 Å². The number of amides is 1. The first-order chi connectivity index (χ1) is 10.6. The molecule has 1 atom stereocenters. The van der Waals surface area contributed by atoms with Crippen LogP contribution in [0.25, 0.3) is 0 Å². The molecule has 1 heterocycles. The molecule has 0 spiro atoms. The minimum atomic E-state index is -0.693. The third-order valence-corrected chi connectivity index (χ3v) is 4.47. The molecule has 0 aliphatic heterocycles. The summed E-state index contributed by atoms with van der Waals surface area (Å²) in [6, 6.07) is 11.3. The summed E-state index contributed by atoms with van der Waals surface area (Å²) in [5.41, 5.74) is 0.777. The number of hydrogen-bond acceptors (Lipinski definition) is 4. The largest absolute Gasteiger partial charge is 0.497 e. The van der Waals surface area contributed by atoms with Crippen molar-refractivity contribution >= 4 is 17.2 Å². The molecule has 0 aliphatic carbocycles. The molecule has 2 aromatic rings. The number of benzene rings is 1. The van der Waals surface area contributed by atoms with Crippen molar-refractivity contribution in [1.29, 1.82) is 0 Å². The highest BCUT2D eigenvalue weighted by molar-refractivity contribution is 7.09. The second kappa shape index (κ2) is 7.96. The Morgan fingerprint density at radius 1 is 1.32 bits per heavy atom. The Balaban J connectivity index is 1.83. The second-order valence-corrected chi connectivity index (χ2v) is 6.17. The first-order valence-corrected chi connectivity index (χ1v) is 8.06. The minimum Gasteiger partial charge on any atom is -0.497 e. The molecule has 2 rings (SSSR count). The summed E-state index contributed by atoms with van der Waals surface area (Å²) in [7, 11) is 3.33. The zero-order valence-electron chi connectivity index (χ0n) is 12.9. The Labute approximate surface area is 135 Å². The van der Waals surface area contributed by atoms with Crippen molar-refractivity contribution in [2.24, 2.45) is 0 Å². The Bertz CT molecular complexity index is 580. The van der Waals surface area contributed by atoms with Crippen LogP contribution in [0.2, 0.25) is 0 Å². The Kier molecular flexibility index (Phi) is 5.98. The first-order valence-electron chi connectivity index (χ1n) is 7.18. The van der Waals surface area contributed by atoms with Crippen molar-refractivity contribution in [2.45, 2.75) is 18.9 Å². The molecule has 0 bridgehead atoms. The number of nitrogens with zero attached hydrogens (tertiary/aromatic N) is 1. The maximum absolute atomic E-state index is 12.1. The Hall–Kier alpha value is -1.85. The lowest BCUT2D eigenvalue weighted by molar-refractivity contribution is -0.131. The van der Waals surface area contributed by atoms with E-state index in [1.54, 1.807) is 42.5 Å². The van der Waals surface area contributed by atoms with Crippen molar-refractivity contribution in [3.05, 3.63) is 52.2 Å². The van der Waals surface area contributed by atoms with Crippen LogP contribution < -0.4 is 4.74 Å². The van der Waals surface area contributed by atoms with Gasteiger partial charge >= 0.3 is 0 Å². The van der Waals surface area contributed by atoms with E-state index in [0.717, 1.165) is 17.7 Å². The van der Waals surface area contributed by atoms with E-state index in [1.165, 1.54) is 4.88 Å². The molecule has 0 radical (unpaired) electrons. The van der Waals surface area contributed by atoms with E-state index >= 15 is 0 Å². The van der Waals surface area contributed by atoms with Crippen molar-refractivity contribution < 1.29 is 14.6 Å². The molecule has 0 fully saturated rings. The molecule has 22 heavy (non-hydrogen) atoms. The molecule has 118 valence electrons. The second-order valence-electron chi connectivity index (χ2n) is 5.14. The fourth-order valence-corrected chi connectivity index (χ4v) is 2.88. The van der Waals surface area contributed by atoms with Gasteiger partial charge in [-0.2, -0.15) is 0 Å². The van der Waals surface area contributed by atoms with Gasteiger partial charge in [-0.1, -0.05) is 18.2 Å². The van der Waals surface area contributed by atoms with Gasteiger partial charge < -0.3 is 14.7 Å². The molecule has 1 amide bonds. The van der Waals surface area contributed by atoms with Crippen LogP contribution in [0.15, 0.2) is 41.8 Å². The van der Waals surface area contributed by atoms with E-state index < -0.39 is 6.10 Å². The smallest absolute Gasteiger partial charge is 0.222 e. The maximum Gasteiger partial charge on any atom is 0.222 e. The molecular formula is C17H21NO3S. The maximum atomic E-state index is 12.1. The SMILES string of the molecule is COc1ccc(C(O)CN(C)C(=O)CCc2cccs2)cc1. The topological polar surface area (TPSA) is 49.8 Å². The van der Waals surface area contributed by atoms with Gasteiger partial charge in [0.15, 0.2) is 0 Å². The van der Waals surface area contributed by atoms with Crippen LogP contribution in [0, 0.1) is 0 Å². The molecule has 1 N–H and O–H groups in total. The number of methoxy groups -OCH3 is 1. The lowest BCUT2D eigenvalue weighted by Gasteiger charge is -2.21. The van der Waals surface area contributed by atoms with Gasteiger partial charge in [-0.15, -0.1) is 11.3 Å². The van der Waals surface area contributed by atoms with E-state index in [2.05, 4.69) is 0 Å². The van der Waals surface area contributed by atoms with Crippen LogP contribution in [0.5, 0.6) is 5.75 Å². The van der Waals surface area contributed by atoms with Crippen molar-refractivity contribution in [2.75, 3.05) is 20.7 Å². The quantitative estimate of drug-likeness (QED) is 0.854. The van der Waals surface area contributed by atoms with Gasteiger partial charge in [0.05, 0.1) is 19.8 Å². The van der Waals surface area contributed by atoms with E-state index in [4.69, 9.17) is 4.74 Å². The highest BCUT2D eigenvalue weighted by Crippen LogP contribution is 2.19. The average molecular weight is 319 g/mol. The molecule has 0 saturated carbocycles. The van der Waals surface area contributed by atoms with Crippen LogP contribution in [-0.2, 0) is 11.2 Å². The Morgan fingerprint density at radius 2 is 2.05 bits per heavy atom. The Morgan fingerprint density at radius 3 is 2.64 bits per heavy atom. The summed E-state index contributed by atoms with van der Waals surface area (Å²) < 4.78 is 5.09. The number of carbonyl (C=O) groups is 1. The van der Waals surface area contributed by atoms with Crippen LogP contribution in [0.4, 0.5) is 0 Å². The molecule has 1 unspecified atom stereocenters. The van der Waals surface area contributed by atoms with Crippen LogP contribution in [0.1, 0.15) is 23.0 Å². The van der Waals surface area contributed by atoms with E-state index in [-0.39, 0.29) is 12.5 Å². The van der Waals surface area contributed by atoms with Gasteiger partial charge in [0.2, 0.25) is 5.91 Å². The van der Waals surface area contributed by atoms with Gasteiger partial charge in [-0.25, -0.2) is 0 Å². The summed E-state index contributed by atoms with van der Waals surface area (Å²) in [6.45, 7) is 0.287. The number of hydrogen-bond donors (Lipinski definition) is 1. The molecule has 0 aliphatic rings. The fraction of sp³-hybridized carbons (Fsp3) is 0.353. The molecule has 4 nitrogen and oxygen atoms in total. The third-order valence-electron chi connectivity index (χ3n) is 3.54. The number of carbonyl (C=O) groups excluding carboxylic acids is 1. The highest BCUT2D eigenvalue weighted by atomic mass is 32.1. The van der Waals surface area contributed by atoms with Gasteiger partial charge in [-0.3, -0.25) is 4.79 Å². The minimum absolute atomic E-state index is 0.0426. The number of likely N-dealkylation sites (N-methyl/N-ethyl adjacent to an activating group) is 1. The predicted molar refractivity (Wildman–Crippen MR) is 88.2 cm³/mol. The average Bonchev–Trinajstić information content (AvgIpc) is 3.06. The predicted octanol–water partition coefficient (Wildman–Crippen LogP) is 2.88. The highest BCUT2D eigenvalue weighted by Gasteiger charge is 2.15. The zero-order valence-corrected chi connectivity index (χ0v) is 13.7.